The first-order chi connectivity index (χ1) is 8.22. The summed E-state index contributed by atoms with van der Waals surface area (Å²) < 4.78 is 37.3. The highest BCUT2D eigenvalue weighted by atomic mass is 35.5. The van der Waals surface area contributed by atoms with E-state index in [0.29, 0.717) is 0 Å². The number of aromatic nitrogens is 1. The predicted octanol–water partition coefficient (Wildman–Crippen LogP) is 1.43. The highest BCUT2D eigenvalue weighted by Crippen LogP contribution is 2.22. The van der Waals surface area contributed by atoms with Crippen LogP contribution in [0.3, 0.4) is 0 Å². The maximum Gasteiger partial charge on any atom is 0.242 e. The Morgan fingerprint density at radius 3 is 2.61 bits per heavy atom. The molecule has 1 aromatic rings. The molecule has 0 saturated heterocycles. The topological polar surface area (TPSA) is 76.1 Å². The molecule has 9 heteroatoms. The second-order valence-corrected chi connectivity index (χ2v) is 7.66. The van der Waals surface area contributed by atoms with Crippen LogP contribution in [0.2, 0.25) is 10.2 Å². The van der Waals surface area contributed by atoms with Crippen LogP contribution in [0.1, 0.15) is 6.92 Å². The van der Waals surface area contributed by atoms with Crippen LogP contribution in [0.5, 0.6) is 0 Å². The second kappa shape index (κ2) is 6.29. The molecule has 0 aliphatic carbocycles. The number of pyridine rings is 1. The molecule has 102 valence electrons. The van der Waals surface area contributed by atoms with Gasteiger partial charge in [-0.25, -0.2) is 18.1 Å². The van der Waals surface area contributed by atoms with E-state index in [2.05, 4.69) is 9.71 Å². The van der Waals surface area contributed by atoms with Crippen LogP contribution in [-0.2, 0) is 20.8 Å². The molecule has 2 atom stereocenters. The van der Waals surface area contributed by atoms with Crippen LogP contribution in [0.4, 0.5) is 0 Å². The molecule has 5 nitrogen and oxygen atoms in total. The second-order valence-electron chi connectivity index (χ2n) is 3.71. The molecule has 1 aromatic heterocycles. The lowest BCUT2D eigenvalue weighted by Gasteiger charge is -2.12. The first-order valence-electron chi connectivity index (χ1n) is 4.86. The van der Waals surface area contributed by atoms with Crippen molar-refractivity contribution in [2.24, 2.45) is 0 Å². The van der Waals surface area contributed by atoms with Gasteiger partial charge in [0.25, 0.3) is 0 Å². The highest BCUT2D eigenvalue weighted by molar-refractivity contribution is 7.89. The molecule has 0 radical (unpaired) electrons. The summed E-state index contributed by atoms with van der Waals surface area (Å²) in [6, 6.07) is 0.768. The minimum absolute atomic E-state index is 0.0401. The number of sulfonamides is 1. The Kier molecular flexibility index (Phi) is 5.54. The van der Waals surface area contributed by atoms with Crippen molar-refractivity contribution < 1.29 is 12.6 Å². The molecule has 0 aliphatic heterocycles. The van der Waals surface area contributed by atoms with Gasteiger partial charge in [0.15, 0.2) is 0 Å². The van der Waals surface area contributed by atoms with Crippen LogP contribution < -0.4 is 4.72 Å². The third kappa shape index (κ3) is 4.47. The molecule has 0 fully saturated rings. The fourth-order valence-corrected chi connectivity index (χ4v) is 3.71. The molecular weight excluding hydrogens is 319 g/mol. The first-order valence-corrected chi connectivity index (χ1v) is 8.82. The van der Waals surface area contributed by atoms with Crippen molar-refractivity contribution in [3.8, 4) is 0 Å². The maximum absolute atomic E-state index is 11.9. The third-order valence-electron chi connectivity index (χ3n) is 1.92. The van der Waals surface area contributed by atoms with E-state index >= 15 is 0 Å². The summed E-state index contributed by atoms with van der Waals surface area (Å²) in [4.78, 5) is 3.59. The molecule has 1 N–H and O–H groups in total. The van der Waals surface area contributed by atoms with Gasteiger partial charge in [0.05, 0.1) is 5.02 Å². The lowest BCUT2D eigenvalue weighted by molar-refractivity contribution is 0.569. The Hall–Kier alpha value is -0.210. The zero-order valence-corrected chi connectivity index (χ0v) is 12.8. The quantitative estimate of drug-likeness (QED) is 0.828. The van der Waals surface area contributed by atoms with Crippen molar-refractivity contribution in [1.82, 2.24) is 9.71 Å². The van der Waals surface area contributed by atoms with Crippen molar-refractivity contribution >= 4 is 44.0 Å². The van der Waals surface area contributed by atoms with Crippen molar-refractivity contribution in [3.05, 3.63) is 22.4 Å². The summed E-state index contributed by atoms with van der Waals surface area (Å²) in [6.45, 7) is 1.63. The van der Waals surface area contributed by atoms with Gasteiger partial charge in [-0.05, 0) is 13.0 Å². The smallest absolute Gasteiger partial charge is 0.242 e. The van der Waals surface area contributed by atoms with Gasteiger partial charge in [0.1, 0.15) is 10.0 Å². The normalized spacial score (nSPS) is 15.3. The van der Waals surface area contributed by atoms with Crippen molar-refractivity contribution in [3.63, 3.8) is 0 Å². The molecular formula is C9H12Cl2N2O3S2. The van der Waals surface area contributed by atoms with Crippen molar-refractivity contribution in [2.45, 2.75) is 17.9 Å². The molecule has 0 aromatic carbocycles. The van der Waals surface area contributed by atoms with E-state index in [9.17, 15) is 12.6 Å². The van der Waals surface area contributed by atoms with Crippen LogP contribution in [-0.4, -0.2) is 35.7 Å². The molecule has 0 saturated carbocycles. The Morgan fingerprint density at radius 2 is 2.11 bits per heavy atom. The number of nitrogens with one attached hydrogen (secondary N) is 1. The van der Waals surface area contributed by atoms with E-state index in [-0.39, 0.29) is 20.8 Å². The molecule has 2 unspecified atom stereocenters. The van der Waals surface area contributed by atoms with Crippen LogP contribution >= 0.6 is 23.2 Å². The van der Waals surface area contributed by atoms with Gasteiger partial charge in [-0.15, -0.1) is 0 Å². The van der Waals surface area contributed by atoms with E-state index in [0.717, 1.165) is 6.20 Å². The molecule has 1 heterocycles. The molecule has 0 spiro atoms. The van der Waals surface area contributed by atoms with Gasteiger partial charge in [0, 0.05) is 35.0 Å². The van der Waals surface area contributed by atoms with Crippen LogP contribution in [0.25, 0.3) is 0 Å². The summed E-state index contributed by atoms with van der Waals surface area (Å²) >= 11 is 11.3. The number of hydrogen-bond acceptors (Lipinski definition) is 4. The van der Waals surface area contributed by atoms with E-state index in [4.69, 9.17) is 23.2 Å². The fraction of sp³-hybridized carbons (Fsp3) is 0.444. The average molecular weight is 331 g/mol. The Labute approximate surface area is 118 Å². The van der Waals surface area contributed by atoms with Gasteiger partial charge >= 0.3 is 0 Å². The number of nitrogens with zero attached hydrogens (tertiary/aromatic N) is 1. The van der Waals surface area contributed by atoms with Crippen LogP contribution in [0, 0.1) is 0 Å². The molecule has 1 rings (SSSR count). The minimum Gasteiger partial charge on any atom is -0.260 e. The largest absolute Gasteiger partial charge is 0.260 e. The van der Waals surface area contributed by atoms with Gasteiger partial charge < -0.3 is 0 Å². The molecule has 0 aliphatic rings. The standard InChI is InChI=1S/C9H12Cl2N2O3S2/c1-6(5-17(2)14)13-18(15,16)7-3-8(10)9(11)12-4-7/h3-4,6,13H,5H2,1-2H3. The van der Waals surface area contributed by atoms with E-state index in [1.807, 2.05) is 0 Å². The first kappa shape index (κ1) is 15.8. The fourth-order valence-electron chi connectivity index (χ4n) is 1.27. The van der Waals surface area contributed by atoms with Gasteiger partial charge in [0.2, 0.25) is 10.0 Å². The predicted molar refractivity (Wildman–Crippen MR) is 73.0 cm³/mol. The van der Waals surface area contributed by atoms with E-state index in [1.54, 1.807) is 6.92 Å². The Balaban J connectivity index is 2.92. The van der Waals surface area contributed by atoms with Gasteiger partial charge in [-0.2, -0.15) is 0 Å². The summed E-state index contributed by atoms with van der Waals surface area (Å²) in [6.07, 6.45) is 2.62. The highest BCUT2D eigenvalue weighted by Gasteiger charge is 2.19. The van der Waals surface area contributed by atoms with Crippen molar-refractivity contribution in [2.75, 3.05) is 12.0 Å². The van der Waals surface area contributed by atoms with Gasteiger partial charge in [-0.1, -0.05) is 23.2 Å². The summed E-state index contributed by atoms with van der Waals surface area (Å²) in [5.41, 5.74) is 0. The molecule has 18 heavy (non-hydrogen) atoms. The number of rotatable bonds is 5. The minimum atomic E-state index is -3.73. The van der Waals surface area contributed by atoms with Crippen LogP contribution in [0.15, 0.2) is 17.2 Å². The summed E-state index contributed by atoms with van der Waals surface area (Å²) in [5.74, 6) is 0.230. The summed E-state index contributed by atoms with van der Waals surface area (Å²) in [5, 5.41) is 0.101. The SMILES string of the molecule is CC(CS(C)=O)NS(=O)(=O)c1cnc(Cl)c(Cl)c1. The Morgan fingerprint density at radius 1 is 1.50 bits per heavy atom. The maximum atomic E-state index is 11.9. The third-order valence-corrected chi connectivity index (χ3v) is 5.13. The van der Waals surface area contributed by atoms with E-state index < -0.39 is 26.9 Å². The Bertz CT molecular complexity index is 563. The van der Waals surface area contributed by atoms with Crippen molar-refractivity contribution in [1.29, 1.82) is 0 Å². The van der Waals surface area contributed by atoms with E-state index in [1.165, 1.54) is 12.3 Å². The lowest BCUT2D eigenvalue weighted by atomic mass is 10.4. The lowest BCUT2D eigenvalue weighted by Crippen LogP contribution is -2.36. The average Bonchev–Trinajstić information content (AvgIpc) is 2.19. The summed E-state index contributed by atoms with van der Waals surface area (Å²) in [7, 11) is -4.82. The molecule has 0 bridgehead atoms. The molecule has 0 amide bonds. The number of halogens is 2. The monoisotopic (exact) mass is 330 g/mol. The van der Waals surface area contributed by atoms with Gasteiger partial charge in [-0.3, -0.25) is 4.21 Å². The zero-order valence-electron chi connectivity index (χ0n) is 9.68. The zero-order chi connectivity index (χ0) is 13.9. The number of hydrogen-bond donors (Lipinski definition) is 1.